The molecule has 1 fully saturated rings. The van der Waals surface area contributed by atoms with E-state index < -0.39 is 0 Å². The molecule has 0 aliphatic carbocycles. The number of ether oxygens (including phenoxy) is 3. The van der Waals surface area contributed by atoms with Crippen LogP contribution in [0.3, 0.4) is 0 Å². The summed E-state index contributed by atoms with van der Waals surface area (Å²) in [7, 11) is 3.33. The number of aromatic nitrogens is 3. The van der Waals surface area contributed by atoms with E-state index in [1.807, 2.05) is 6.07 Å². The lowest BCUT2D eigenvalue weighted by Crippen LogP contribution is -2.27. The molecule has 1 saturated heterocycles. The van der Waals surface area contributed by atoms with Crippen LogP contribution in [0.25, 0.3) is 0 Å². The van der Waals surface area contributed by atoms with Crippen molar-refractivity contribution in [1.82, 2.24) is 19.7 Å². The Morgan fingerprint density at radius 2 is 2.00 bits per heavy atom. The maximum atomic E-state index is 5.81. The van der Waals surface area contributed by atoms with Gasteiger partial charge in [0.2, 0.25) is 0 Å². The molecule has 0 N–H and O–H groups in total. The van der Waals surface area contributed by atoms with Gasteiger partial charge < -0.3 is 18.8 Å². The van der Waals surface area contributed by atoms with Crippen LogP contribution in [0.4, 0.5) is 0 Å². The van der Waals surface area contributed by atoms with E-state index in [9.17, 15) is 0 Å². The number of methoxy groups -OCH3 is 2. The molecule has 0 radical (unpaired) electrons. The van der Waals surface area contributed by atoms with E-state index >= 15 is 0 Å². The summed E-state index contributed by atoms with van der Waals surface area (Å²) in [6.07, 6.45) is 3.19. The molecule has 3 heterocycles. The summed E-state index contributed by atoms with van der Waals surface area (Å²) in [4.78, 5) is 2.45. The van der Waals surface area contributed by atoms with E-state index in [0.717, 1.165) is 75.2 Å². The second-order valence-corrected chi connectivity index (χ2v) is 6.84. The highest BCUT2D eigenvalue weighted by Crippen LogP contribution is 2.30. The lowest BCUT2D eigenvalue weighted by molar-refractivity contribution is 0.101. The van der Waals surface area contributed by atoms with Crippen LogP contribution in [0, 0.1) is 0 Å². The number of benzene rings is 1. The summed E-state index contributed by atoms with van der Waals surface area (Å²) in [6.45, 7) is 4.56. The van der Waals surface area contributed by atoms with E-state index in [0.29, 0.717) is 0 Å². The highest BCUT2D eigenvalue weighted by molar-refractivity contribution is 5.42. The SMILES string of the molecule is COc1ccc(CN2CCc3nnc([C@H]4CCCO4)n3CC2)cc1OC. The average Bonchev–Trinajstić information content (AvgIpc) is 3.29. The van der Waals surface area contributed by atoms with E-state index in [-0.39, 0.29) is 6.10 Å². The fraction of sp³-hybridized carbons (Fsp3) is 0.579. The van der Waals surface area contributed by atoms with Crippen molar-refractivity contribution in [2.45, 2.75) is 38.5 Å². The van der Waals surface area contributed by atoms with Crippen LogP contribution in [-0.2, 0) is 24.2 Å². The third-order valence-corrected chi connectivity index (χ3v) is 5.22. The van der Waals surface area contributed by atoms with Gasteiger partial charge in [-0.2, -0.15) is 0 Å². The third kappa shape index (κ3) is 3.41. The molecule has 2 aliphatic rings. The number of nitrogens with zero attached hydrogens (tertiary/aromatic N) is 4. The molecular formula is C19H26N4O3. The second kappa shape index (κ2) is 7.63. The normalized spacial score (nSPS) is 20.6. The van der Waals surface area contributed by atoms with Crippen LogP contribution in [-0.4, -0.2) is 53.6 Å². The zero-order chi connectivity index (χ0) is 17.9. The quantitative estimate of drug-likeness (QED) is 0.817. The van der Waals surface area contributed by atoms with Crippen molar-refractivity contribution in [3.63, 3.8) is 0 Å². The molecule has 2 aliphatic heterocycles. The molecule has 0 saturated carbocycles. The first-order valence-corrected chi connectivity index (χ1v) is 9.25. The van der Waals surface area contributed by atoms with Gasteiger partial charge in [-0.05, 0) is 30.5 Å². The van der Waals surface area contributed by atoms with Crippen LogP contribution in [0.5, 0.6) is 11.5 Å². The Labute approximate surface area is 153 Å². The van der Waals surface area contributed by atoms with Crippen LogP contribution in [0.1, 0.15) is 36.2 Å². The molecule has 140 valence electrons. The summed E-state index contributed by atoms with van der Waals surface area (Å²) < 4.78 is 18.8. The third-order valence-electron chi connectivity index (χ3n) is 5.22. The van der Waals surface area contributed by atoms with Gasteiger partial charge in [-0.15, -0.1) is 10.2 Å². The van der Waals surface area contributed by atoms with Gasteiger partial charge in [0.05, 0.1) is 14.2 Å². The van der Waals surface area contributed by atoms with Gasteiger partial charge in [0.1, 0.15) is 11.9 Å². The number of fused-ring (bicyclic) bond motifs is 1. The highest BCUT2D eigenvalue weighted by atomic mass is 16.5. The molecule has 0 spiro atoms. The lowest BCUT2D eigenvalue weighted by atomic mass is 10.2. The molecule has 1 atom stereocenters. The first-order chi connectivity index (χ1) is 12.8. The summed E-state index contributed by atoms with van der Waals surface area (Å²) in [5.74, 6) is 3.62. The van der Waals surface area contributed by atoms with Crippen LogP contribution >= 0.6 is 0 Å². The number of rotatable bonds is 5. The van der Waals surface area contributed by atoms with E-state index in [1.54, 1.807) is 14.2 Å². The lowest BCUT2D eigenvalue weighted by Gasteiger charge is -2.20. The first-order valence-electron chi connectivity index (χ1n) is 9.25. The molecule has 0 amide bonds. The molecule has 26 heavy (non-hydrogen) atoms. The summed E-state index contributed by atoms with van der Waals surface area (Å²) >= 11 is 0. The van der Waals surface area contributed by atoms with E-state index in [4.69, 9.17) is 14.2 Å². The number of hydrogen-bond acceptors (Lipinski definition) is 6. The van der Waals surface area contributed by atoms with Gasteiger partial charge in [0.15, 0.2) is 17.3 Å². The Kier molecular flexibility index (Phi) is 5.08. The van der Waals surface area contributed by atoms with Gasteiger partial charge in [-0.25, -0.2) is 0 Å². The molecule has 7 heteroatoms. The minimum atomic E-state index is 0.119. The first kappa shape index (κ1) is 17.3. The minimum Gasteiger partial charge on any atom is -0.493 e. The second-order valence-electron chi connectivity index (χ2n) is 6.84. The standard InChI is InChI=1S/C19H26N4O3/c1-24-15-6-5-14(12-17(15)25-2)13-22-8-7-18-20-21-19(23(18)10-9-22)16-4-3-11-26-16/h5-6,12,16H,3-4,7-11,13H2,1-2H3/t16-/m1/s1. The van der Waals surface area contributed by atoms with Gasteiger partial charge >= 0.3 is 0 Å². The Balaban J connectivity index is 1.44. The largest absolute Gasteiger partial charge is 0.493 e. The van der Waals surface area contributed by atoms with Crippen molar-refractivity contribution in [3.8, 4) is 11.5 Å². The van der Waals surface area contributed by atoms with E-state index in [1.165, 1.54) is 5.56 Å². The van der Waals surface area contributed by atoms with Crippen molar-refractivity contribution in [2.75, 3.05) is 33.9 Å². The van der Waals surface area contributed by atoms with E-state index in [2.05, 4.69) is 31.8 Å². The van der Waals surface area contributed by atoms with Crippen molar-refractivity contribution in [2.24, 2.45) is 0 Å². The fourth-order valence-electron chi connectivity index (χ4n) is 3.80. The zero-order valence-electron chi connectivity index (χ0n) is 15.5. The van der Waals surface area contributed by atoms with Crippen molar-refractivity contribution in [1.29, 1.82) is 0 Å². The number of hydrogen-bond donors (Lipinski definition) is 0. The van der Waals surface area contributed by atoms with Crippen molar-refractivity contribution in [3.05, 3.63) is 35.4 Å². The van der Waals surface area contributed by atoms with Gasteiger partial charge in [0, 0.05) is 39.2 Å². The fourth-order valence-corrected chi connectivity index (χ4v) is 3.80. The Morgan fingerprint density at radius 3 is 2.77 bits per heavy atom. The van der Waals surface area contributed by atoms with Crippen LogP contribution in [0.15, 0.2) is 18.2 Å². The van der Waals surface area contributed by atoms with Gasteiger partial charge in [-0.1, -0.05) is 6.07 Å². The molecule has 1 aromatic heterocycles. The summed E-state index contributed by atoms with van der Waals surface area (Å²) in [6, 6.07) is 6.13. The van der Waals surface area contributed by atoms with Crippen LogP contribution in [0.2, 0.25) is 0 Å². The molecule has 4 rings (SSSR count). The highest BCUT2D eigenvalue weighted by Gasteiger charge is 2.27. The van der Waals surface area contributed by atoms with Crippen LogP contribution < -0.4 is 9.47 Å². The molecule has 0 unspecified atom stereocenters. The minimum absolute atomic E-state index is 0.119. The maximum Gasteiger partial charge on any atom is 0.162 e. The van der Waals surface area contributed by atoms with Gasteiger partial charge in [-0.3, -0.25) is 4.90 Å². The molecule has 1 aromatic carbocycles. The topological polar surface area (TPSA) is 61.6 Å². The maximum absolute atomic E-state index is 5.81. The summed E-state index contributed by atoms with van der Waals surface area (Å²) in [5, 5.41) is 8.83. The smallest absolute Gasteiger partial charge is 0.162 e. The monoisotopic (exact) mass is 358 g/mol. The predicted octanol–water partition coefficient (Wildman–Crippen LogP) is 2.21. The zero-order valence-corrected chi connectivity index (χ0v) is 15.5. The summed E-state index contributed by atoms with van der Waals surface area (Å²) in [5.41, 5.74) is 1.22. The Morgan fingerprint density at radius 1 is 1.12 bits per heavy atom. The van der Waals surface area contributed by atoms with Gasteiger partial charge in [0.25, 0.3) is 0 Å². The average molecular weight is 358 g/mol. The Hall–Kier alpha value is -2.12. The predicted molar refractivity (Wildman–Crippen MR) is 96.5 cm³/mol. The van der Waals surface area contributed by atoms with Crippen molar-refractivity contribution >= 4 is 0 Å². The Bertz CT molecular complexity index is 755. The molecule has 7 nitrogen and oxygen atoms in total. The van der Waals surface area contributed by atoms with Crippen molar-refractivity contribution < 1.29 is 14.2 Å². The molecule has 2 aromatic rings. The molecular weight excluding hydrogens is 332 g/mol. The molecule has 0 bridgehead atoms.